The molecule has 33 heavy (non-hydrogen) atoms. The molecule has 8 heteroatoms. The van der Waals surface area contributed by atoms with Crippen molar-refractivity contribution in [3.05, 3.63) is 82.1 Å². The molecule has 1 aromatic heterocycles. The lowest BCUT2D eigenvalue weighted by atomic mass is 10.1. The molecular formula is C25H27ClN4O3. The zero-order chi connectivity index (χ0) is 23.4. The Kier molecular flexibility index (Phi) is 6.99. The number of aryl methyl sites for hydroxylation is 1. The maximum absolute atomic E-state index is 13.4. The molecule has 2 amide bonds. The number of rotatable bonds is 5. The van der Waals surface area contributed by atoms with Crippen LogP contribution in [0.3, 0.4) is 0 Å². The van der Waals surface area contributed by atoms with Gasteiger partial charge in [-0.25, -0.2) is 4.68 Å². The number of methoxy groups -OCH3 is 1. The SMILES string of the molecule is COc1ccccc1C(=O)N1CCCN(C(=O)c2c(C)nn(Cc3ccccc3)c2Cl)CC1. The average Bonchev–Trinajstić information content (AvgIpc) is 2.99. The van der Waals surface area contributed by atoms with E-state index in [9.17, 15) is 9.59 Å². The molecule has 4 rings (SSSR count). The second kappa shape index (κ2) is 10.1. The normalized spacial score (nSPS) is 14.2. The molecule has 0 bridgehead atoms. The van der Waals surface area contributed by atoms with Crippen molar-refractivity contribution in [3.8, 4) is 5.75 Å². The molecule has 7 nitrogen and oxygen atoms in total. The molecule has 2 heterocycles. The van der Waals surface area contributed by atoms with Crippen molar-refractivity contribution in [1.82, 2.24) is 19.6 Å². The molecule has 1 fully saturated rings. The molecule has 1 aliphatic rings. The van der Waals surface area contributed by atoms with Crippen molar-refractivity contribution >= 4 is 23.4 Å². The molecule has 0 saturated carbocycles. The van der Waals surface area contributed by atoms with E-state index in [-0.39, 0.29) is 11.8 Å². The van der Waals surface area contributed by atoms with Gasteiger partial charge < -0.3 is 14.5 Å². The third-order valence-corrected chi connectivity index (χ3v) is 6.25. The van der Waals surface area contributed by atoms with Gasteiger partial charge in [-0.15, -0.1) is 0 Å². The predicted molar refractivity (Wildman–Crippen MR) is 127 cm³/mol. The lowest BCUT2D eigenvalue weighted by molar-refractivity contribution is 0.0716. The third-order valence-electron chi connectivity index (χ3n) is 5.86. The summed E-state index contributed by atoms with van der Waals surface area (Å²) in [5, 5.41) is 4.85. The molecule has 0 spiro atoms. The molecule has 0 unspecified atom stereocenters. The molecule has 0 N–H and O–H groups in total. The average molecular weight is 467 g/mol. The first-order valence-corrected chi connectivity index (χ1v) is 11.4. The molecule has 1 saturated heterocycles. The number of para-hydroxylation sites is 1. The number of halogens is 1. The standard InChI is InChI=1S/C25H27ClN4O3/c1-18-22(23(26)30(27-18)17-19-9-4-3-5-10-19)25(32)29-14-8-13-28(15-16-29)24(31)20-11-6-7-12-21(20)33-2/h3-7,9-12H,8,13-17H2,1-2H3. The molecular weight excluding hydrogens is 440 g/mol. The second-order valence-electron chi connectivity index (χ2n) is 8.03. The number of hydrogen-bond acceptors (Lipinski definition) is 4. The smallest absolute Gasteiger partial charge is 0.258 e. The Morgan fingerprint density at radius 2 is 1.58 bits per heavy atom. The third kappa shape index (κ3) is 4.88. The first kappa shape index (κ1) is 22.9. The van der Waals surface area contributed by atoms with Gasteiger partial charge in [-0.05, 0) is 31.0 Å². The van der Waals surface area contributed by atoms with Crippen LogP contribution in [-0.2, 0) is 6.54 Å². The number of carbonyl (C=O) groups is 2. The summed E-state index contributed by atoms with van der Waals surface area (Å²) in [6.07, 6.45) is 0.682. The van der Waals surface area contributed by atoms with E-state index < -0.39 is 0 Å². The zero-order valence-corrected chi connectivity index (χ0v) is 19.6. The number of benzene rings is 2. The van der Waals surface area contributed by atoms with E-state index in [1.807, 2.05) is 42.5 Å². The summed E-state index contributed by atoms with van der Waals surface area (Å²) >= 11 is 6.60. The Bertz CT molecular complexity index is 1150. The van der Waals surface area contributed by atoms with Crippen LogP contribution in [0.2, 0.25) is 5.15 Å². The highest BCUT2D eigenvalue weighted by Gasteiger charge is 2.28. The Hall–Kier alpha value is -3.32. The summed E-state index contributed by atoms with van der Waals surface area (Å²) in [5.41, 5.74) is 2.62. The first-order chi connectivity index (χ1) is 16.0. The van der Waals surface area contributed by atoms with Crippen molar-refractivity contribution in [3.63, 3.8) is 0 Å². The molecule has 2 aromatic carbocycles. The van der Waals surface area contributed by atoms with Gasteiger partial charge in [0.05, 0.1) is 30.5 Å². The fraction of sp³-hybridized carbons (Fsp3) is 0.320. The Morgan fingerprint density at radius 1 is 0.939 bits per heavy atom. The highest BCUT2D eigenvalue weighted by Crippen LogP contribution is 2.24. The number of ether oxygens (including phenoxy) is 1. The quantitative estimate of drug-likeness (QED) is 0.572. The van der Waals surface area contributed by atoms with Gasteiger partial charge in [0.25, 0.3) is 11.8 Å². The number of amides is 2. The van der Waals surface area contributed by atoms with Gasteiger partial charge in [0.1, 0.15) is 10.9 Å². The van der Waals surface area contributed by atoms with E-state index in [0.29, 0.717) is 66.9 Å². The van der Waals surface area contributed by atoms with Crippen molar-refractivity contribution in [2.45, 2.75) is 19.9 Å². The second-order valence-corrected chi connectivity index (χ2v) is 8.39. The summed E-state index contributed by atoms with van der Waals surface area (Å²) in [6, 6.07) is 17.1. The predicted octanol–water partition coefficient (Wildman–Crippen LogP) is 3.89. The Labute approximate surface area is 198 Å². The maximum atomic E-state index is 13.4. The highest BCUT2D eigenvalue weighted by atomic mass is 35.5. The van der Waals surface area contributed by atoms with E-state index in [0.717, 1.165) is 5.56 Å². The van der Waals surface area contributed by atoms with Gasteiger partial charge in [0, 0.05) is 26.2 Å². The Balaban J connectivity index is 1.47. The van der Waals surface area contributed by atoms with Crippen molar-refractivity contribution < 1.29 is 14.3 Å². The minimum absolute atomic E-state index is 0.0911. The van der Waals surface area contributed by atoms with Crippen molar-refractivity contribution in [2.75, 3.05) is 33.3 Å². The molecule has 0 atom stereocenters. The summed E-state index contributed by atoms with van der Waals surface area (Å²) < 4.78 is 7.00. The van der Waals surface area contributed by atoms with E-state index in [2.05, 4.69) is 5.10 Å². The van der Waals surface area contributed by atoms with Crippen LogP contribution in [0.4, 0.5) is 0 Å². The molecule has 3 aromatic rings. The van der Waals surface area contributed by atoms with Gasteiger partial charge in [-0.3, -0.25) is 9.59 Å². The van der Waals surface area contributed by atoms with Crippen LogP contribution in [0.15, 0.2) is 54.6 Å². The lowest BCUT2D eigenvalue weighted by Crippen LogP contribution is -2.37. The van der Waals surface area contributed by atoms with E-state index in [1.54, 1.807) is 40.6 Å². The van der Waals surface area contributed by atoms with E-state index in [1.165, 1.54) is 0 Å². The topological polar surface area (TPSA) is 67.7 Å². The van der Waals surface area contributed by atoms with Crippen LogP contribution in [-0.4, -0.2) is 64.7 Å². The van der Waals surface area contributed by atoms with Crippen LogP contribution in [0.1, 0.15) is 38.4 Å². The first-order valence-electron chi connectivity index (χ1n) is 11.0. The van der Waals surface area contributed by atoms with Gasteiger partial charge >= 0.3 is 0 Å². The van der Waals surface area contributed by atoms with Crippen LogP contribution < -0.4 is 4.74 Å². The van der Waals surface area contributed by atoms with Crippen molar-refractivity contribution in [2.24, 2.45) is 0 Å². The van der Waals surface area contributed by atoms with Crippen molar-refractivity contribution in [1.29, 1.82) is 0 Å². The zero-order valence-electron chi connectivity index (χ0n) is 18.8. The fourth-order valence-electron chi connectivity index (χ4n) is 4.13. The van der Waals surface area contributed by atoms with Crippen LogP contribution in [0.25, 0.3) is 0 Å². The number of carbonyl (C=O) groups excluding carboxylic acids is 2. The van der Waals surface area contributed by atoms with Crippen LogP contribution in [0.5, 0.6) is 5.75 Å². The number of hydrogen-bond donors (Lipinski definition) is 0. The monoisotopic (exact) mass is 466 g/mol. The van der Waals surface area contributed by atoms with Gasteiger partial charge in [0.15, 0.2) is 0 Å². The maximum Gasteiger partial charge on any atom is 0.258 e. The minimum Gasteiger partial charge on any atom is -0.496 e. The molecule has 1 aliphatic heterocycles. The Morgan fingerprint density at radius 3 is 2.27 bits per heavy atom. The lowest BCUT2D eigenvalue weighted by Gasteiger charge is -2.23. The molecule has 0 radical (unpaired) electrons. The molecule has 172 valence electrons. The number of aromatic nitrogens is 2. The summed E-state index contributed by atoms with van der Waals surface area (Å²) in [6.45, 7) is 4.29. The highest BCUT2D eigenvalue weighted by molar-refractivity contribution is 6.33. The van der Waals surface area contributed by atoms with Gasteiger partial charge in [-0.2, -0.15) is 5.10 Å². The van der Waals surface area contributed by atoms with Crippen LogP contribution in [0, 0.1) is 6.92 Å². The molecule has 0 aliphatic carbocycles. The summed E-state index contributed by atoms with van der Waals surface area (Å²) in [7, 11) is 1.55. The minimum atomic E-state index is -0.150. The number of nitrogens with zero attached hydrogens (tertiary/aromatic N) is 4. The van der Waals surface area contributed by atoms with Crippen LogP contribution >= 0.6 is 11.6 Å². The van der Waals surface area contributed by atoms with Gasteiger partial charge in [-0.1, -0.05) is 54.1 Å². The van der Waals surface area contributed by atoms with E-state index in [4.69, 9.17) is 16.3 Å². The van der Waals surface area contributed by atoms with E-state index >= 15 is 0 Å². The summed E-state index contributed by atoms with van der Waals surface area (Å²) in [4.78, 5) is 30.0. The summed E-state index contributed by atoms with van der Waals surface area (Å²) in [5.74, 6) is 0.308. The fourth-order valence-corrected chi connectivity index (χ4v) is 4.45. The van der Waals surface area contributed by atoms with Gasteiger partial charge in [0.2, 0.25) is 0 Å². The largest absolute Gasteiger partial charge is 0.496 e.